The Hall–Kier alpha value is -1.73. The Morgan fingerprint density at radius 1 is 1.52 bits per heavy atom. The summed E-state index contributed by atoms with van der Waals surface area (Å²) < 4.78 is 1.67. The number of rotatable bonds is 7. The van der Waals surface area contributed by atoms with Crippen molar-refractivity contribution in [1.29, 1.82) is 0 Å². The molecule has 1 unspecified atom stereocenters. The highest BCUT2D eigenvalue weighted by atomic mass is 32.1. The standard InChI is InChI=1S/C14H20N4O2S/c1-10(2)3-5-18-8-12(16-17-18)14(20)15-7-13(19)11-4-6-21-9-11/h4,6,8-10,13,19H,3,5,7H2,1-2H3,(H,15,20). The third-order valence-corrected chi connectivity index (χ3v) is 3.79. The molecule has 0 aromatic carbocycles. The minimum absolute atomic E-state index is 0.161. The summed E-state index contributed by atoms with van der Waals surface area (Å²) in [7, 11) is 0. The summed E-state index contributed by atoms with van der Waals surface area (Å²) >= 11 is 1.51. The second kappa shape index (κ2) is 7.33. The molecule has 0 aliphatic carbocycles. The van der Waals surface area contributed by atoms with Gasteiger partial charge in [-0.2, -0.15) is 11.3 Å². The topological polar surface area (TPSA) is 80.0 Å². The van der Waals surface area contributed by atoms with Gasteiger partial charge in [-0.05, 0) is 34.7 Å². The van der Waals surface area contributed by atoms with Crippen molar-refractivity contribution in [2.75, 3.05) is 6.54 Å². The second-order valence-corrected chi connectivity index (χ2v) is 6.11. The Labute approximate surface area is 127 Å². The molecule has 2 aromatic heterocycles. The highest BCUT2D eigenvalue weighted by Gasteiger charge is 2.14. The number of carbonyl (C=O) groups is 1. The molecule has 6 nitrogen and oxygen atoms in total. The molecule has 1 amide bonds. The van der Waals surface area contributed by atoms with E-state index < -0.39 is 6.10 Å². The predicted molar refractivity (Wildman–Crippen MR) is 81.1 cm³/mol. The lowest BCUT2D eigenvalue weighted by Crippen LogP contribution is -2.28. The summed E-state index contributed by atoms with van der Waals surface area (Å²) in [5, 5.41) is 24.1. The lowest BCUT2D eigenvalue weighted by molar-refractivity contribution is 0.0911. The third kappa shape index (κ3) is 4.64. The average Bonchev–Trinajstić information content (AvgIpc) is 3.12. The third-order valence-electron chi connectivity index (χ3n) is 3.09. The van der Waals surface area contributed by atoms with Gasteiger partial charge in [0.05, 0.1) is 12.3 Å². The molecule has 0 aliphatic heterocycles. The van der Waals surface area contributed by atoms with Crippen LogP contribution in [0.3, 0.4) is 0 Å². The monoisotopic (exact) mass is 308 g/mol. The highest BCUT2D eigenvalue weighted by molar-refractivity contribution is 7.07. The number of nitrogens with zero attached hydrogens (tertiary/aromatic N) is 3. The maximum atomic E-state index is 11.9. The maximum absolute atomic E-state index is 11.9. The fraction of sp³-hybridized carbons (Fsp3) is 0.500. The van der Waals surface area contributed by atoms with E-state index in [0.717, 1.165) is 18.5 Å². The van der Waals surface area contributed by atoms with E-state index in [0.29, 0.717) is 5.92 Å². The van der Waals surface area contributed by atoms with Crippen molar-refractivity contribution < 1.29 is 9.90 Å². The van der Waals surface area contributed by atoms with Gasteiger partial charge in [0.15, 0.2) is 5.69 Å². The van der Waals surface area contributed by atoms with Crippen LogP contribution >= 0.6 is 11.3 Å². The van der Waals surface area contributed by atoms with E-state index >= 15 is 0 Å². The van der Waals surface area contributed by atoms with Gasteiger partial charge < -0.3 is 10.4 Å². The van der Waals surface area contributed by atoms with Crippen LogP contribution in [0.5, 0.6) is 0 Å². The molecule has 7 heteroatoms. The molecule has 2 aromatic rings. The van der Waals surface area contributed by atoms with Gasteiger partial charge in [-0.25, -0.2) is 0 Å². The number of amides is 1. The van der Waals surface area contributed by atoms with Crippen molar-refractivity contribution in [3.8, 4) is 0 Å². The Morgan fingerprint density at radius 2 is 2.33 bits per heavy atom. The van der Waals surface area contributed by atoms with Gasteiger partial charge in [0.2, 0.25) is 0 Å². The molecule has 0 saturated carbocycles. The first kappa shape index (κ1) is 15.7. The molecule has 0 spiro atoms. The number of aryl methyl sites for hydroxylation is 1. The number of aliphatic hydroxyl groups excluding tert-OH is 1. The molecule has 0 fully saturated rings. The number of hydrogen-bond acceptors (Lipinski definition) is 5. The molecule has 114 valence electrons. The van der Waals surface area contributed by atoms with Crippen LogP contribution in [-0.2, 0) is 6.54 Å². The number of thiophene rings is 1. The molecule has 21 heavy (non-hydrogen) atoms. The second-order valence-electron chi connectivity index (χ2n) is 5.33. The SMILES string of the molecule is CC(C)CCn1cc(C(=O)NCC(O)c2ccsc2)nn1. The van der Waals surface area contributed by atoms with Gasteiger partial charge in [0, 0.05) is 13.1 Å². The Morgan fingerprint density at radius 3 is 3.00 bits per heavy atom. The average molecular weight is 308 g/mol. The van der Waals surface area contributed by atoms with Crippen LogP contribution in [0.4, 0.5) is 0 Å². The van der Waals surface area contributed by atoms with Crippen molar-refractivity contribution in [1.82, 2.24) is 20.3 Å². The normalized spacial score (nSPS) is 12.6. The molecule has 0 saturated heterocycles. The first-order chi connectivity index (χ1) is 10.1. The molecular formula is C14H20N4O2S. The summed E-state index contributed by atoms with van der Waals surface area (Å²) in [6, 6.07) is 1.84. The zero-order valence-electron chi connectivity index (χ0n) is 12.2. The lowest BCUT2D eigenvalue weighted by atomic mass is 10.1. The summed E-state index contributed by atoms with van der Waals surface area (Å²) in [5.74, 6) is 0.257. The number of nitrogens with one attached hydrogen (secondary N) is 1. The Bertz CT molecular complexity index is 565. The maximum Gasteiger partial charge on any atom is 0.273 e. The van der Waals surface area contributed by atoms with Crippen molar-refractivity contribution in [2.24, 2.45) is 5.92 Å². The Balaban J connectivity index is 1.83. The van der Waals surface area contributed by atoms with Gasteiger partial charge in [0.25, 0.3) is 5.91 Å². The largest absolute Gasteiger partial charge is 0.387 e. The van der Waals surface area contributed by atoms with Crippen LogP contribution in [0.1, 0.15) is 42.4 Å². The molecule has 0 bridgehead atoms. The van der Waals surface area contributed by atoms with Crippen molar-refractivity contribution in [2.45, 2.75) is 32.9 Å². The van der Waals surface area contributed by atoms with E-state index in [1.165, 1.54) is 11.3 Å². The summed E-state index contributed by atoms with van der Waals surface area (Å²) in [4.78, 5) is 11.9. The fourth-order valence-electron chi connectivity index (χ4n) is 1.76. The van der Waals surface area contributed by atoms with E-state index in [2.05, 4.69) is 29.5 Å². The van der Waals surface area contributed by atoms with Crippen molar-refractivity contribution in [3.05, 3.63) is 34.3 Å². The Kier molecular flexibility index (Phi) is 5.46. The minimum atomic E-state index is -0.698. The summed E-state index contributed by atoms with van der Waals surface area (Å²) in [6.07, 6.45) is 1.92. The smallest absolute Gasteiger partial charge is 0.273 e. The number of hydrogen-bond donors (Lipinski definition) is 2. The van der Waals surface area contributed by atoms with Crippen molar-refractivity contribution in [3.63, 3.8) is 0 Å². The zero-order valence-corrected chi connectivity index (χ0v) is 13.0. The first-order valence-corrected chi connectivity index (χ1v) is 7.89. The van der Waals surface area contributed by atoms with Crippen LogP contribution in [0.25, 0.3) is 0 Å². The lowest BCUT2D eigenvalue weighted by Gasteiger charge is -2.09. The van der Waals surface area contributed by atoms with Crippen LogP contribution in [-0.4, -0.2) is 32.6 Å². The molecule has 2 N–H and O–H groups in total. The summed E-state index contributed by atoms with van der Waals surface area (Å²) in [5.41, 5.74) is 1.08. The predicted octanol–water partition coefficient (Wildman–Crippen LogP) is 1.85. The number of carbonyl (C=O) groups excluding carboxylic acids is 1. The van der Waals surface area contributed by atoms with Gasteiger partial charge in [-0.15, -0.1) is 5.10 Å². The highest BCUT2D eigenvalue weighted by Crippen LogP contribution is 2.15. The van der Waals surface area contributed by atoms with E-state index in [4.69, 9.17) is 0 Å². The summed E-state index contributed by atoms with van der Waals surface area (Å²) in [6.45, 7) is 5.18. The molecule has 0 aliphatic rings. The molecule has 0 radical (unpaired) electrons. The quantitative estimate of drug-likeness (QED) is 0.818. The van der Waals surface area contributed by atoms with Gasteiger partial charge in [0.1, 0.15) is 0 Å². The van der Waals surface area contributed by atoms with Gasteiger partial charge >= 0.3 is 0 Å². The zero-order chi connectivity index (χ0) is 15.2. The molecular weight excluding hydrogens is 288 g/mol. The van der Waals surface area contributed by atoms with E-state index in [9.17, 15) is 9.90 Å². The fourth-order valence-corrected chi connectivity index (χ4v) is 2.47. The van der Waals surface area contributed by atoms with Crippen LogP contribution < -0.4 is 5.32 Å². The first-order valence-electron chi connectivity index (χ1n) is 6.94. The number of aromatic nitrogens is 3. The van der Waals surface area contributed by atoms with Crippen LogP contribution in [0.2, 0.25) is 0 Å². The molecule has 2 heterocycles. The van der Waals surface area contributed by atoms with Gasteiger partial charge in [-0.3, -0.25) is 9.48 Å². The number of aliphatic hydroxyl groups is 1. The van der Waals surface area contributed by atoms with Crippen LogP contribution in [0.15, 0.2) is 23.0 Å². The molecule has 2 rings (SSSR count). The minimum Gasteiger partial charge on any atom is -0.387 e. The van der Waals surface area contributed by atoms with Gasteiger partial charge in [-0.1, -0.05) is 19.1 Å². The van der Waals surface area contributed by atoms with E-state index in [1.807, 2.05) is 16.8 Å². The van der Waals surface area contributed by atoms with Crippen molar-refractivity contribution >= 4 is 17.2 Å². The van der Waals surface area contributed by atoms with E-state index in [-0.39, 0.29) is 18.1 Å². The molecule has 1 atom stereocenters. The van der Waals surface area contributed by atoms with E-state index in [1.54, 1.807) is 10.9 Å². The van der Waals surface area contributed by atoms with Crippen LogP contribution in [0, 0.1) is 5.92 Å².